The molecular weight excluding hydrogens is 406 g/mol. The van der Waals surface area contributed by atoms with Gasteiger partial charge in [-0.15, -0.1) is 0 Å². The van der Waals surface area contributed by atoms with Crippen molar-refractivity contribution in [2.45, 2.75) is 25.8 Å². The van der Waals surface area contributed by atoms with E-state index in [0.717, 1.165) is 24.1 Å². The van der Waals surface area contributed by atoms with Gasteiger partial charge in [-0.25, -0.2) is 4.68 Å². The average molecular weight is 430 g/mol. The second kappa shape index (κ2) is 9.63. The topological polar surface area (TPSA) is 46.9 Å². The standard InChI is InChI=1S/C26H24ClN3O/c1-19(16-17-20-10-4-2-5-11-20)28-26(31)25-18-24(22-14-8-9-15-23(22)27)29-30(25)21-12-6-3-7-13-21/h2-15,18-19H,16-17H2,1H3,(H,28,31). The first-order valence-electron chi connectivity index (χ1n) is 10.4. The zero-order valence-corrected chi connectivity index (χ0v) is 18.1. The zero-order valence-electron chi connectivity index (χ0n) is 17.3. The SMILES string of the molecule is CC(CCc1ccccc1)NC(=O)c1cc(-c2ccccc2Cl)nn1-c1ccccc1. The summed E-state index contributed by atoms with van der Waals surface area (Å²) in [5.74, 6) is -0.157. The van der Waals surface area contributed by atoms with Crippen LogP contribution in [0.4, 0.5) is 0 Å². The molecule has 4 nitrogen and oxygen atoms in total. The maximum Gasteiger partial charge on any atom is 0.270 e. The molecule has 0 aliphatic heterocycles. The Morgan fingerprint density at radius 2 is 1.61 bits per heavy atom. The van der Waals surface area contributed by atoms with E-state index < -0.39 is 0 Å². The van der Waals surface area contributed by atoms with E-state index in [1.165, 1.54) is 5.56 Å². The predicted octanol–water partition coefficient (Wildman–Crippen LogP) is 5.94. The molecule has 0 spiro atoms. The van der Waals surface area contributed by atoms with E-state index in [4.69, 9.17) is 16.7 Å². The minimum atomic E-state index is -0.157. The normalized spacial score (nSPS) is 11.8. The molecule has 1 N–H and O–H groups in total. The van der Waals surface area contributed by atoms with Gasteiger partial charge in [0.25, 0.3) is 5.91 Å². The van der Waals surface area contributed by atoms with Crippen LogP contribution in [-0.4, -0.2) is 21.7 Å². The van der Waals surface area contributed by atoms with Crippen molar-refractivity contribution in [3.05, 3.63) is 107 Å². The summed E-state index contributed by atoms with van der Waals surface area (Å²) in [5.41, 5.74) is 4.02. The molecule has 1 aromatic heterocycles. The molecule has 0 bridgehead atoms. The third kappa shape index (κ3) is 5.04. The largest absolute Gasteiger partial charge is 0.348 e. The van der Waals surface area contributed by atoms with Gasteiger partial charge in [-0.05, 0) is 49.6 Å². The fraction of sp³-hybridized carbons (Fsp3) is 0.154. The molecule has 4 aromatic rings. The van der Waals surface area contributed by atoms with Crippen LogP contribution < -0.4 is 5.32 Å². The molecule has 4 rings (SSSR count). The van der Waals surface area contributed by atoms with Crippen molar-refractivity contribution in [2.75, 3.05) is 0 Å². The summed E-state index contributed by atoms with van der Waals surface area (Å²) in [6.07, 6.45) is 1.76. The highest BCUT2D eigenvalue weighted by atomic mass is 35.5. The number of benzene rings is 3. The molecule has 1 amide bonds. The van der Waals surface area contributed by atoms with E-state index in [-0.39, 0.29) is 11.9 Å². The van der Waals surface area contributed by atoms with Crippen LogP contribution in [0.5, 0.6) is 0 Å². The van der Waals surface area contributed by atoms with Gasteiger partial charge in [0.05, 0.1) is 16.4 Å². The third-order valence-corrected chi connectivity index (χ3v) is 5.51. The van der Waals surface area contributed by atoms with Gasteiger partial charge in [-0.3, -0.25) is 4.79 Å². The number of hydrogen-bond donors (Lipinski definition) is 1. The third-order valence-electron chi connectivity index (χ3n) is 5.18. The molecule has 0 saturated heterocycles. The summed E-state index contributed by atoms with van der Waals surface area (Å²) in [5, 5.41) is 8.43. The Balaban J connectivity index is 1.58. The molecule has 1 unspecified atom stereocenters. The first-order chi connectivity index (χ1) is 15.1. The van der Waals surface area contributed by atoms with Gasteiger partial charge in [0, 0.05) is 11.6 Å². The van der Waals surface area contributed by atoms with Crippen LogP contribution in [0.1, 0.15) is 29.4 Å². The molecule has 0 fully saturated rings. The number of nitrogens with one attached hydrogen (secondary N) is 1. The Labute approximate surface area is 187 Å². The summed E-state index contributed by atoms with van der Waals surface area (Å²) < 4.78 is 1.68. The number of amides is 1. The van der Waals surface area contributed by atoms with E-state index in [1.807, 2.05) is 79.7 Å². The molecule has 5 heteroatoms. The molecule has 1 atom stereocenters. The van der Waals surface area contributed by atoms with E-state index in [2.05, 4.69) is 17.4 Å². The van der Waals surface area contributed by atoms with Gasteiger partial charge < -0.3 is 5.32 Å². The van der Waals surface area contributed by atoms with E-state index in [9.17, 15) is 4.79 Å². The Morgan fingerprint density at radius 1 is 0.968 bits per heavy atom. The molecule has 156 valence electrons. The number of hydrogen-bond acceptors (Lipinski definition) is 2. The maximum absolute atomic E-state index is 13.2. The monoisotopic (exact) mass is 429 g/mol. The number of carbonyl (C=O) groups excluding carboxylic acids is 1. The fourth-order valence-corrected chi connectivity index (χ4v) is 3.74. The first kappa shape index (κ1) is 20.9. The predicted molar refractivity (Wildman–Crippen MR) is 126 cm³/mol. The molecular formula is C26H24ClN3O. The molecule has 0 aliphatic carbocycles. The van der Waals surface area contributed by atoms with Gasteiger partial charge in [0.2, 0.25) is 0 Å². The number of aryl methyl sites for hydroxylation is 1. The quantitative estimate of drug-likeness (QED) is 0.395. The highest BCUT2D eigenvalue weighted by Gasteiger charge is 2.20. The van der Waals surface area contributed by atoms with Gasteiger partial charge in [-0.1, -0.05) is 78.3 Å². The lowest BCUT2D eigenvalue weighted by Gasteiger charge is -2.14. The number of aromatic nitrogens is 2. The Morgan fingerprint density at radius 3 is 2.32 bits per heavy atom. The second-order valence-electron chi connectivity index (χ2n) is 7.54. The van der Waals surface area contributed by atoms with Crippen LogP contribution in [0.2, 0.25) is 5.02 Å². The molecule has 0 aliphatic rings. The van der Waals surface area contributed by atoms with Crippen molar-refractivity contribution in [2.24, 2.45) is 0 Å². The Kier molecular flexibility index (Phi) is 6.48. The number of para-hydroxylation sites is 1. The van der Waals surface area contributed by atoms with Crippen LogP contribution in [0, 0.1) is 0 Å². The molecule has 0 saturated carbocycles. The van der Waals surface area contributed by atoms with E-state index in [0.29, 0.717) is 16.4 Å². The van der Waals surface area contributed by atoms with Crippen molar-refractivity contribution in [1.82, 2.24) is 15.1 Å². The zero-order chi connectivity index (χ0) is 21.6. The second-order valence-corrected chi connectivity index (χ2v) is 7.95. The lowest BCUT2D eigenvalue weighted by atomic mass is 10.1. The van der Waals surface area contributed by atoms with E-state index in [1.54, 1.807) is 10.7 Å². The van der Waals surface area contributed by atoms with Crippen LogP contribution in [0.3, 0.4) is 0 Å². The lowest BCUT2D eigenvalue weighted by molar-refractivity contribution is 0.0930. The van der Waals surface area contributed by atoms with Gasteiger partial charge >= 0.3 is 0 Å². The highest BCUT2D eigenvalue weighted by Crippen LogP contribution is 2.28. The van der Waals surface area contributed by atoms with Crippen LogP contribution in [-0.2, 0) is 6.42 Å². The van der Waals surface area contributed by atoms with Crippen molar-refractivity contribution in [1.29, 1.82) is 0 Å². The summed E-state index contributed by atoms with van der Waals surface area (Å²) in [6, 6.07) is 29.3. The number of halogens is 1. The minimum absolute atomic E-state index is 0.0237. The molecule has 0 radical (unpaired) electrons. The fourth-order valence-electron chi connectivity index (χ4n) is 3.51. The Hall–Kier alpha value is -3.37. The number of rotatable bonds is 7. The summed E-state index contributed by atoms with van der Waals surface area (Å²) >= 11 is 6.38. The summed E-state index contributed by atoms with van der Waals surface area (Å²) in [4.78, 5) is 13.2. The van der Waals surface area contributed by atoms with E-state index >= 15 is 0 Å². The summed E-state index contributed by atoms with van der Waals surface area (Å²) in [7, 11) is 0. The van der Waals surface area contributed by atoms with Crippen molar-refractivity contribution in [3.63, 3.8) is 0 Å². The smallest absolute Gasteiger partial charge is 0.270 e. The molecule has 1 heterocycles. The van der Waals surface area contributed by atoms with Crippen LogP contribution in [0.15, 0.2) is 91.0 Å². The average Bonchev–Trinajstić information content (AvgIpc) is 3.25. The van der Waals surface area contributed by atoms with Crippen molar-refractivity contribution in [3.8, 4) is 16.9 Å². The van der Waals surface area contributed by atoms with Crippen LogP contribution in [0.25, 0.3) is 16.9 Å². The first-order valence-corrected chi connectivity index (χ1v) is 10.7. The van der Waals surface area contributed by atoms with Gasteiger partial charge in [0.1, 0.15) is 5.69 Å². The highest BCUT2D eigenvalue weighted by molar-refractivity contribution is 6.33. The molecule has 3 aromatic carbocycles. The van der Waals surface area contributed by atoms with Crippen LogP contribution >= 0.6 is 11.6 Å². The molecule has 31 heavy (non-hydrogen) atoms. The minimum Gasteiger partial charge on any atom is -0.348 e. The van der Waals surface area contributed by atoms with Crippen molar-refractivity contribution < 1.29 is 4.79 Å². The van der Waals surface area contributed by atoms with Gasteiger partial charge in [0.15, 0.2) is 0 Å². The number of carbonyl (C=O) groups is 1. The maximum atomic E-state index is 13.2. The van der Waals surface area contributed by atoms with Gasteiger partial charge in [-0.2, -0.15) is 5.10 Å². The van der Waals surface area contributed by atoms with Crippen molar-refractivity contribution >= 4 is 17.5 Å². The Bertz CT molecular complexity index is 1160. The summed E-state index contributed by atoms with van der Waals surface area (Å²) in [6.45, 7) is 2.03. The number of nitrogens with zero attached hydrogens (tertiary/aromatic N) is 2. The lowest BCUT2D eigenvalue weighted by Crippen LogP contribution is -2.34.